The van der Waals surface area contributed by atoms with Crippen LogP contribution in [0.1, 0.15) is 32.6 Å². The molecule has 2 N–H and O–H groups in total. The van der Waals surface area contributed by atoms with Crippen molar-refractivity contribution in [1.82, 2.24) is 9.97 Å². The van der Waals surface area contributed by atoms with Gasteiger partial charge in [0.15, 0.2) is 0 Å². The fourth-order valence-electron chi connectivity index (χ4n) is 2.44. The molecule has 2 atom stereocenters. The maximum absolute atomic E-state index is 4.53. The van der Waals surface area contributed by atoms with Gasteiger partial charge >= 0.3 is 0 Å². The number of thioether (sulfide) groups is 1. The third-order valence-electron chi connectivity index (χ3n) is 3.33. The molecule has 100 valence electrons. The summed E-state index contributed by atoms with van der Waals surface area (Å²) in [5.41, 5.74) is 0. The summed E-state index contributed by atoms with van der Waals surface area (Å²) in [6.45, 7) is 2.93. The number of hydrogen-bond acceptors (Lipinski definition) is 5. The third-order valence-corrected chi connectivity index (χ3v) is 4.50. The lowest BCUT2D eigenvalue weighted by atomic mass is 9.95. The molecule has 1 aliphatic carbocycles. The number of nitrogens with zero attached hydrogens (tertiary/aromatic N) is 2. The number of aromatic nitrogens is 2. The van der Waals surface area contributed by atoms with Crippen LogP contribution in [0.2, 0.25) is 0 Å². The molecule has 0 amide bonds. The van der Waals surface area contributed by atoms with Crippen LogP contribution in [-0.2, 0) is 0 Å². The number of anilines is 2. The second-order valence-corrected chi connectivity index (χ2v) is 5.71. The monoisotopic (exact) mass is 266 g/mol. The fraction of sp³-hybridized carbons (Fsp3) is 0.692. The molecule has 1 aliphatic rings. The van der Waals surface area contributed by atoms with E-state index >= 15 is 0 Å². The smallest absolute Gasteiger partial charge is 0.147 e. The van der Waals surface area contributed by atoms with Crippen molar-refractivity contribution in [2.24, 2.45) is 0 Å². The molecule has 1 aromatic heterocycles. The van der Waals surface area contributed by atoms with Gasteiger partial charge < -0.3 is 10.6 Å². The Morgan fingerprint density at radius 1 is 1.28 bits per heavy atom. The molecule has 0 saturated heterocycles. The number of hydrogen-bond donors (Lipinski definition) is 2. The average molecular weight is 266 g/mol. The molecule has 0 radical (unpaired) electrons. The van der Waals surface area contributed by atoms with E-state index in [-0.39, 0.29) is 0 Å². The summed E-state index contributed by atoms with van der Waals surface area (Å²) >= 11 is 1.96. The highest BCUT2D eigenvalue weighted by Crippen LogP contribution is 2.29. The van der Waals surface area contributed by atoms with Crippen molar-refractivity contribution in [1.29, 1.82) is 0 Å². The predicted molar refractivity (Wildman–Crippen MR) is 79.4 cm³/mol. The maximum Gasteiger partial charge on any atom is 0.147 e. The van der Waals surface area contributed by atoms with E-state index in [1.165, 1.54) is 25.7 Å². The molecular weight excluding hydrogens is 244 g/mol. The predicted octanol–water partition coefficient (Wildman–Crippen LogP) is 2.99. The van der Waals surface area contributed by atoms with Crippen LogP contribution in [0.15, 0.2) is 12.4 Å². The maximum atomic E-state index is 4.53. The Bertz CT molecular complexity index is 372. The molecule has 1 heterocycles. The van der Waals surface area contributed by atoms with Gasteiger partial charge in [-0.05, 0) is 26.0 Å². The summed E-state index contributed by atoms with van der Waals surface area (Å²) in [6, 6.07) is 0.528. The van der Waals surface area contributed by atoms with Gasteiger partial charge in [0.2, 0.25) is 0 Å². The molecule has 0 bridgehead atoms. The molecule has 1 saturated carbocycles. The zero-order valence-electron chi connectivity index (χ0n) is 11.1. The molecule has 0 spiro atoms. The van der Waals surface area contributed by atoms with E-state index in [2.05, 4.69) is 33.8 Å². The summed E-state index contributed by atoms with van der Waals surface area (Å²) < 4.78 is 0. The molecule has 0 aromatic carbocycles. The van der Waals surface area contributed by atoms with Crippen molar-refractivity contribution < 1.29 is 0 Å². The Balaban J connectivity index is 2.00. The first-order chi connectivity index (χ1) is 8.83. The Kier molecular flexibility index (Phi) is 5.11. The molecular formula is C13H22N4S. The highest BCUT2D eigenvalue weighted by molar-refractivity contribution is 7.99. The lowest BCUT2D eigenvalue weighted by Gasteiger charge is -2.31. The number of rotatable bonds is 5. The summed E-state index contributed by atoms with van der Waals surface area (Å²) in [6.07, 6.45) is 11.0. The normalized spacial score (nSPS) is 23.7. The van der Waals surface area contributed by atoms with Crippen molar-refractivity contribution in [3.63, 3.8) is 0 Å². The average Bonchev–Trinajstić information content (AvgIpc) is 2.40. The fourth-order valence-corrected chi connectivity index (χ4v) is 3.37. The van der Waals surface area contributed by atoms with E-state index in [9.17, 15) is 0 Å². The second-order valence-electron chi connectivity index (χ2n) is 4.63. The largest absolute Gasteiger partial charge is 0.369 e. The summed E-state index contributed by atoms with van der Waals surface area (Å²) in [4.78, 5) is 8.76. The van der Waals surface area contributed by atoms with Crippen LogP contribution in [0.25, 0.3) is 0 Å². The zero-order valence-corrected chi connectivity index (χ0v) is 12.0. The van der Waals surface area contributed by atoms with E-state index in [1.807, 2.05) is 18.0 Å². The second kappa shape index (κ2) is 6.83. The summed E-state index contributed by atoms with van der Waals surface area (Å²) in [5, 5.41) is 7.44. The summed E-state index contributed by atoms with van der Waals surface area (Å²) in [5.74, 6) is 1.73. The standard InChI is InChI=1S/C13H22N4S/c1-3-15-12-8-14-9-13(17-12)16-10-6-4-5-7-11(10)18-2/h8-11H,3-7H2,1-2H3,(H2,15,16,17). The van der Waals surface area contributed by atoms with Gasteiger partial charge in [-0.1, -0.05) is 12.8 Å². The van der Waals surface area contributed by atoms with Gasteiger partial charge in [0.05, 0.1) is 12.4 Å². The third kappa shape index (κ3) is 3.51. The topological polar surface area (TPSA) is 49.8 Å². The Labute approximate surface area is 113 Å². The van der Waals surface area contributed by atoms with Crippen LogP contribution in [-0.4, -0.2) is 34.1 Å². The SMILES string of the molecule is CCNc1cncc(NC2CCCCC2SC)n1. The molecule has 1 aromatic rings. The Morgan fingerprint density at radius 3 is 2.83 bits per heavy atom. The first-order valence-electron chi connectivity index (χ1n) is 6.68. The van der Waals surface area contributed by atoms with Crippen LogP contribution in [0, 0.1) is 0 Å². The molecule has 0 aliphatic heterocycles. The van der Waals surface area contributed by atoms with Crippen molar-refractivity contribution >= 4 is 23.4 Å². The van der Waals surface area contributed by atoms with Crippen LogP contribution in [0.3, 0.4) is 0 Å². The number of nitrogens with one attached hydrogen (secondary N) is 2. The van der Waals surface area contributed by atoms with E-state index in [0.29, 0.717) is 11.3 Å². The van der Waals surface area contributed by atoms with Crippen molar-refractivity contribution in [3.05, 3.63) is 12.4 Å². The van der Waals surface area contributed by atoms with E-state index in [1.54, 1.807) is 6.20 Å². The van der Waals surface area contributed by atoms with Gasteiger partial charge in [-0.2, -0.15) is 11.8 Å². The molecule has 18 heavy (non-hydrogen) atoms. The minimum atomic E-state index is 0.528. The van der Waals surface area contributed by atoms with Gasteiger partial charge in [-0.15, -0.1) is 0 Å². The van der Waals surface area contributed by atoms with E-state index in [0.717, 1.165) is 18.2 Å². The van der Waals surface area contributed by atoms with Gasteiger partial charge in [0, 0.05) is 17.8 Å². The van der Waals surface area contributed by atoms with Crippen molar-refractivity contribution in [2.75, 3.05) is 23.4 Å². The Morgan fingerprint density at radius 2 is 2.06 bits per heavy atom. The van der Waals surface area contributed by atoms with Crippen molar-refractivity contribution in [2.45, 2.75) is 43.9 Å². The minimum absolute atomic E-state index is 0.528. The van der Waals surface area contributed by atoms with Crippen LogP contribution < -0.4 is 10.6 Å². The van der Waals surface area contributed by atoms with Crippen molar-refractivity contribution in [3.8, 4) is 0 Å². The summed E-state index contributed by atoms with van der Waals surface area (Å²) in [7, 11) is 0. The molecule has 2 unspecified atom stereocenters. The van der Waals surface area contributed by atoms with Gasteiger partial charge in [-0.25, -0.2) is 4.98 Å². The quantitative estimate of drug-likeness (QED) is 0.858. The lowest BCUT2D eigenvalue weighted by molar-refractivity contribution is 0.474. The van der Waals surface area contributed by atoms with Crippen LogP contribution in [0.4, 0.5) is 11.6 Å². The first-order valence-corrected chi connectivity index (χ1v) is 7.97. The molecule has 5 heteroatoms. The lowest BCUT2D eigenvalue weighted by Crippen LogP contribution is -2.34. The highest BCUT2D eigenvalue weighted by Gasteiger charge is 2.24. The molecule has 1 fully saturated rings. The Hall–Kier alpha value is -0.970. The molecule has 2 rings (SSSR count). The van der Waals surface area contributed by atoms with Crippen LogP contribution in [0.5, 0.6) is 0 Å². The van der Waals surface area contributed by atoms with Gasteiger partial charge in [0.25, 0.3) is 0 Å². The van der Waals surface area contributed by atoms with Gasteiger partial charge in [-0.3, -0.25) is 4.98 Å². The van der Waals surface area contributed by atoms with Gasteiger partial charge in [0.1, 0.15) is 11.6 Å². The zero-order chi connectivity index (χ0) is 12.8. The molecule has 4 nitrogen and oxygen atoms in total. The minimum Gasteiger partial charge on any atom is -0.369 e. The van der Waals surface area contributed by atoms with E-state index in [4.69, 9.17) is 0 Å². The first kappa shape index (κ1) is 13.5. The van der Waals surface area contributed by atoms with Crippen LogP contribution >= 0.6 is 11.8 Å². The highest BCUT2D eigenvalue weighted by atomic mass is 32.2. The van der Waals surface area contributed by atoms with E-state index < -0.39 is 0 Å².